The van der Waals surface area contributed by atoms with Gasteiger partial charge >= 0.3 is 0 Å². The molecule has 0 bridgehead atoms. The van der Waals surface area contributed by atoms with Gasteiger partial charge in [0, 0.05) is 23.1 Å². The monoisotopic (exact) mass is 305 g/mol. The van der Waals surface area contributed by atoms with Gasteiger partial charge in [-0.3, -0.25) is 9.78 Å². The Morgan fingerprint density at radius 1 is 1.13 bits per heavy atom. The maximum atomic E-state index is 12.9. The summed E-state index contributed by atoms with van der Waals surface area (Å²) >= 11 is 0. The van der Waals surface area contributed by atoms with E-state index < -0.39 is 0 Å². The topological polar surface area (TPSA) is 39.2 Å². The maximum absolute atomic E-state index is 12.9. The quantitative estimate of drug-likeness (QED) is 0.646. The number of hydrogen-bond donors (Lipinski definition) is 0. The van der Waals surface area contributed by atoms with Crippen LogP contribution in [0.25, 0.3) is 10.9 Å². The Morgan fingerprint density at radius 3 is 2.74 bits per heavy atom. The third-order valence-electron chi connectivity index (χ3n) is 4.09. The van der Waals surface area contributed by atoms with Crippen LogP contribution in [0.5, 0.6) is 5.75 Å². The average Bonchev–Trinajstić information content (AvgIpc) is 2.62. The van der Waals surface area contributed by atoms with E-state index in [2.05, 4.69) is 11.1 Å². The average molecular weight is 305 g/mol. The summed E-state index contributed by atoms with van der Waals surface area (Å²) in [5, 5.41) is 1.06. The number of Topliss-reactive ketones (excluding diaryl/α,β-unsaturated/α-hetero) is 1. The number of para-hydroxylation sites is 1. The molecule has 2 aromatic carbocycles. The Balaban J connectivity index is 1.98. The number of ether oxygens (including phenoxy) is 1. The van der Waals surface area contributed by atoms with Crippen molar-refractivity contribution in [2.75, 3.05) is 7.11 Å². The fourth-order valence-electron chi connectivity index (χ4n) is 2.83. The molecule has 1 atom stereocenters. The minimum absolute atomic E-state index is 0.100. The second-order valence-electron chi connectivity index (χ2n) is 5.52. The Bertz CT molecular complexity index is 842. The number of ketones is 1. The number of carbonyl (C=O) groups excluding carboxylic acids is 1. The summed E-state index contributed by atoms with van der Waals surface area (Å²) in [5.74, 6) is 0.602. The van der Waals surface area contributed by atoms with Gasteiger partial charge in [0.25, 0.3) is 0 Å². The lowest BCUT2D eigenvalue weighted by Gasteiger charge is -2.15. The van der Waals surface area contributed by atoms with Crippen LogP contribution in [0, 0.1) is 0 Å². The summed E-state index contributed by atoms with van der Waals surface area (Å²) in [5.41, 5.74) is 2.57. The van der Waals surface area contributed by atoms with E-state index in [0.717, 1.165) is 22.9 Å². The number of benzene rings is 2. The molecule has 23 heavy (non-hydrogen) atoms. The SMILES string of the molecule is CCC(C(=O)c1cccc(OC)c1)c1cnc2ccccc2c1. The minimum Gasteiger partial charge on any atom is -0.497 e. The predicted octanol–water partition coefficient (Wildman–Crippen LogP) is 4.62. The number of carbonyl (C=O) groups is 1. The van der Waals surface area contributed by atoms with Gasteiger partial charge < -0.3 is 4.74 Å². The number of hydrogen-bond acceptors (Lipinski definition) is 3. The largest absolute Gasteiger partial charge is 0.497 e. The van der Waals surface area contributed by atoms with Crippen molar-refractivity contribution in [3.63, 3.8) is 0 Å². The fraction of sp³-hybridized carbons (Fsp3) is 0.200. The van der Waals surface area contributed by atoms with Gasteiger partial charge in [0.2, 0.25) is 0 Å². The molecule has 0 N–H and O–H groups in total. The standard InChI is InChI=1S/C20H19NO2/c1-3-18(20(22)15-8-6-9-17(12-15)23-2)16-11-14-7-4-5-10-19(14)21-13-16/h4-13,18H,3H2,1-2H3. The van der Waals surface area contributed by atoms with Gasteiger partial charge in [0.1, 0.15) is 5.75 Å². The molecule has 1 heterocycles. The molecule has 116 valence electrons. The second kappa shape index (κ2) is 6.61. The van der Waals surface area contributed by atoms with Crippen molar-refractivity contribution in [1.82, 2.24) is 4.98 Å². The van der Waals surface area contributed by atoms with E-state index >= 15 is 0 Å². The highest BCUT2D eigenvalue weighted by Gasteiger charge is 2.21. The van der Waals surface area contributed by atoms with Crippen LogP contribution in [0.2, 0.25) is 0 Å². The number of aromatic nitrogens is 1. The Kier molecular flexibility index (Phi) is 4.38. The van der Waals surface area contributed by atoms with Gasteiger partial charge in [-0.15, -0.1) is 0 Å². The number of pyridine rings is 1. The molecule has 0 amide bonds. The molecule has 3 rings (SSSR count). The summed E-state index contributed by atoms with van der Waals surface area (Å²) in [4.78, 5) is 17.4. The zero-order valence-corrected chi connectivity index (χ0v) is 13.3. The molecule has 0 aliphatic heterocycles. The lowest BCUT2D eigenvalue weighted by Crippen LogP contribution is -2.12. The molecular formula is C20H19NO2. The van der Waals surface area contributed by atoms with Crippen molar-refractivity contribution in [3.05, 3.63) is 71.9 Å². The first-order valence-electron chi connectivity index (χ1n) is 7.76. The van der Waals surface area contributed by atoms with Crippen LogP contribution < -0.4 is 4.74 Å². The molecule has 3 heteroatoms. The minimum atomic E-state index is -0.195. The highest BCUT2D eigenvalue weighted by Crippen LogP contribution is 2.27. The van der Waals surface area contributed by atoms with E-state index in [-0.39, 0.29) is 11.7 Å². The molecule has 0 aliphatic rings. The zero-order chi connectivity index (χ0) is 16.2. The molecule has 3 aromatic rings. The third kappa shape index (κ3) is 3.09. The highest BCUT2D eigenvalue weighted by atomic mass is 16.5. The van der Waals surface area contributed by atoms with E-state index in [4.69, 9.17) is 4.74 Å². The molecular weight excluding hydrogens is 286 g/mol. The van der Waals surface area contributed by atoms with Crippen LogP contribution in [0.3, 0.4) is 0 Å². The number of fused-ring (bicyclic) bond motifs is 1. The normalized spacial score (nSPS) is 12.1. The van der Waals surface area contributed by atoms with Gasteiger partial charge in [-0.25, -0.2) is 0 Å². The predicted molar refractivity (Wildman–Crippen MR) is 92.1 cm³/mol. The van der Waals surface area contributed by atoms with Crippen LogP contribution in [0.15, 0.2) is 60.8 Å². The molecule has 0 saturated heterocycles. The van der Waals surface area contributed by atoms with E-state index in [1.54, 1.807) is 13.2 Å². The fourth-order valence-corrected chi connectivity index (χ4v) is 2.83. The van der Waals surface area contributed by atoms with Gasteiger partial charge in [0.05, 0.1) is 12.6 Å². The number of methoxy groups -OCH3 is 1. The first kappa shape index (κ1) is 15.2. The molecule has 3 nitrogen and oxygen atoms in total. The summed E-state index contributed by atoms with van der Waals surface area (Å²) in [6.45, 7) is 2.03. The number of rotatable bonds is 5. The van der Waals surface area contributed by atoms with Crippen LogP contribution >= 0.6 is 0 Å². The third-order valence-corrected chi connectivity index (χ3v) is 4.09. The Hall–Kier alpha value is -2.68. The first-order chi connectivity index (χ1) is 11.2. The van der Waals surface area contributed by atoms with Gasteiger partial charge in [-0.2, -0.15) is 0 Å². The lowest BCUT2D eigenvalue weighted by atomic mass is 9.89. The first-order valence-corrected chi connectivity index (χ1v) is 7.76. The molecule has 1 aromatic heterocycles. The molecule has 1 unspecified atom stereocenters. The maximum Gasteiger partial charge on any atom is 0.170 e. The Labute approximate surface area is 135 Å². The molecule has 0 fully saturated rings. The summed E-state index contributed by atoms with van der Waals surface area (Å²) in [7, 11) is 1.61. The van der Waals surface area contributed by atoms with Crippen molar-refractivity contribution in [2.24, 2.45) is 0 Å². The van der Waals surface area contributed by atoms with Crippen LogP contribution in [0.1, 0.15) is 35.2 Å². The van der Waals surface area contributed by atoms with E-state index in [0.29, 0.717) is 11.3 Å². The molecule has 0 spiro atoms. The van der Waals surface area contributed by atoms with Gasteiger partial charge in [-0.05, 0) is 36.2 Å². The van der Waals surface area contributed by atoms with Crippen molar-refractivity contribution >= 4 is 16.7 Å². The lowest BCUT2D eigenvalue weighted by molar-refractivity contribution is 0.0957. The van der Waals surface area contributed by atoms with Crippen molar-refractivity contribution in [1.29, 1.82) is 0 Å². The summed E-state index contributed by atoms with van der Waals surface area (Å²) in [6.07, 6.45) is 2.55. The van der Waals surface area contributed by atoms with Crippen molar-refractivity contribution in [3.8, 4) is 5.75 Å². The van der Waals surface area contributed by atoms with Crippen LogP contribution in [-0.2, 0) is 0 Å². The Morgan fingerprint density at radius 2 is 1.96 bits per heavy atom. The van der Waals surface area contributed by atoms with Crippen molar-refractivity contribution in [2.45, 2.75) is 19.3 Å². The molecule has 0 saturated carbocycles. The van der Waals surface area contributed by atoms with E-state index in [9.17, 15) is 4.79 Å². The molecule has 0 aliphatic carbocycles. The van der Waals surface area contributed by atoms with Gasteiger partial charge in [0.15, 0.2) is 5.78 Å². The summed E-state index contributed by atoms with van der Waals surface area (Å²) in [6, 6.07) is 17.3. The van der Waals surface area contributed by atoms with E-state index in [1.165, 1.54) is 0 Å². The highest BCUT2D eigenvalue weighted by molar-refractivity contribution is 6.01. The smallest absolute Gasteiger partial charge is 0.170 e. The van der Waals surface area contributed by atoms with Crippen molar-refractivity contribution < 1.29 is 9.53 Å². The molecule has 0 radical (unpaired) electrons. The zero-order valence-electron chi connectivity index (χ0n) is 13.3. The summed E-state index contributed by atoms with van der Waals surface area (Å²) < 4.78 is 5.22. The van der Waals surface area contributed by atoms with E-state index in [1.807, 2.05) is 55.6 Å². The van der Waals surface area contributed by atoms with Crippen LogP contribution in [0.4, 0.5) is 0 Å². The van der Waals surface area contributed by atoms with Gasteiger partial charge in [-0.1, -0.05) is 37.3 Å². The second-order valence-corrected chi connectivity index (χ2v) is 5.52. The number of nitrogens with zero attached hydrogens (tertiary/aromatic N) is 1. The van der Waals surface area contributed by atoms with Crippen LogP contribution in [-0.4, -0.2) is 17.9 Å².